The summed E-state index contributed by atoms with van der Waals surface area (Å²) in [6.45, 7) is 6.10. The lowest BCUT2D eigenvalue weighted by Gasteiger charge is -2.31. The van der Waals surface area contributed by atoms with Crippen molar-refractivity contribution < 1.29 is 4.21 Å². The molecule has 1 fully saturated rings. The van der Waals surface area contributed by atoms with Crippen LogP contribution in [0.5, 0.6) is 0 Å². The summed E-state index contributed by atoms with van der Waals surface area (Å²) in [4.78, 5) is 2.28. The second-order valence-corrected chi connectivity index (χ2v) is 4.83. The van der Waals surface area contributed by atoms with Crippen molar-refractivity contribution in [1.29, 1.82) is 0 Å². The van der Waals surface area contributed by atoms with Crippen LogP contribution in [0, 0.1) is 0 Å². The molecule has 1 unspecified atom stereocenters. The zero-order chi connectivity index (χ0) is 8.97. The summed E-state index contributed by atoms with van der Waals surface area (Å²) in [5.74, 6) is 0.823. The van der Waals surface area contributed by atoms with E-state index in [-0.39, 0.29) is 0 Å². The van der Waals surface area contributed by atoms with Gasteiger partial charge in [0, 0.05) is 31.9 Å². The molecular formula is C8H18N2OS. The summed E-state index contributed by atoms with van der Waals surface area (Å²) < 4.78 is 13.6. The normalized spacial score (nSPS) is 24.2. The molecular weight excluding hydrogens is 172 g/mol. The minimum atomic E-state index is -0.715. The van der Waals surface area contributed by atoms with Gasteiger partial charge in [0.05, 0.1) is 11.0 Å². The zero-order valence-corrected chi connectivity index (χ0v) is 8.77. The molecule has 1 rings (SSSR count). The van der Waals surface area contributed by atoms with E-state index in [2.05, 4.69) is 23.2 Å². The average Bonchev–Trinajstić information content (AvgIpc) is 2.06. The molecule has 0 aromatic rings. The fourth-order valence-corrected chi connectivity index (χ4v) is 2.47. The number of likely N-dealkylation sites (N-methyl/N-ethyl adjacent to an activating group) is 1. The first-order chi connectivity index (χ1) is 5.74. The van der Waals surface area contributed by atoms with Gasteiger partial charge in [-0.3, -0.25) is 0 Å². The van der Waals surface area contributed by atoms with Crippen LogP contribution in [0.2, 0.25) is 0 Å². The van der Waals surface area contributed by atoms with Crippen molar-refractivity contribution in [2.75, 3.05) is 39.0 Å². The van der Waals surface area contributed by atoms with Crippen molar-refractivity contribution in [1.82, 2.24) is 9.21 Å². The minimum absolute atomic E-state index is 0.715. The van der Waals surface area contributed by atoms with Crippen LogP contribution in [-0.2, 0) is 11.0 Å². The van der Waals surface area contributed by atoms with E-state index in [0.29, 0.717) is 0 Å². The lowest BCUT2D eigenvalue weighted by molar-refractivity contribution is 0.228. The van der Waals surface area contributed by atoms with E-state index in [1.54, 1.807) is 0 Å². The second-order valence-electron chi connectivity index (χ2n) is 3.26. The Labute approximate surface area is 77.3 Å². The molecule has 1 aliphatic heterocycles. The molecule has 0 spiro atoms. The van der Waals surface area contributed by atoms with Gasteiger partial charge in [-0.15, -0.1) is 0 Å². The first-order valence-corrected chi connectivity index (χ1v) is 5.83. The molecule has 0 aromatic carbocycles. The molecule has 0 saturated carbocycles. The van der Waals surface area contributed by atoms with Gasteiger partial charge in [0.15, 0.2) is 0 Å². The second kappa shape index (κ2) is 4.94. The van der Waals surface area contributed by atoms with E-state index >= 15 is 0 Å². The van der Waals surface area contributed by atoms with E-state index < -0.39 is 11.0 Å². The first kappa shape index (κ1) is 10.2. The van der Waals surface area contributed by atoms with E-state index in [9.17, 15) is 4.21 Å². The van der Waals surface area contributed by atoms with E-state index in [0.717, 1.165) is 38.4 Å². The fraction of sp³-hybridized carbons (Fsp3) is 1.00. The van der Waals surface area contributed by atoms with Crippen LogP contribution in [0.3, 0.4) is 0 Å². The van der Waals surface area contributed by atoms with Crippen molar-refractivity contribution in [3.8, 4) is 0 Å². The molecule has 1 heterocycles. The standard InChI is InChI=1S/C8H18N2OS/c1-3-8-12(11)10-6-4-9(2)5-7-10/h3-8H2,1-2H3. The monoisotopic (exact) mass is 190 g/mol. The maximum absolute atomic E-state index is 11.5. The van der Waals surface area contributed by atoms with Crippen LogP contribution in [0.25, 0.3) is 0 Å². The van der Waals surface area contributed by atoms with Gasteiger partial charge in [0.1, 0.15) is 0 Å². The third-order valence-electron chi connectivity index (χ3n) is 2.13. The molecule has 1 saturated heterocycles. The van der Waals surface area contributed by atoms with E-state index in [1.165, 1.54) is 0 Å². The van der Waals surface area contributed by atoms with Gasteiger partial charge < -0.3 is 4.90 Å². The number of rotatable bonds is 3. The molecule has 0 bridgehead atoms. The highest BCUT2D eigenvalue weighted by Gasteiger charge is 2.17. The topological polar surface area (TPSA) is 23.6 Å². The maximum atomic E-state index is 11.5. The molecule has 0 aromatic heterocycles. The lowest BCUT2D eigenvalue weighted by atomic mass is 10.4. The third-order valence-corrected chi connectivity index (χ3v) is 3.83. The number of piperazine rings is 1. The third kappa shape index (κ3) is 2.84. The molecule has 1 atom stereocenters. The van der Waals surface area contributed by atoms with Gasteiger partial charge in [-0.05, 0) is 13.5 Å². The Hall–Kier alpha value is 0.0700. The van der Waals surface area contributed by atoms with Gasteiger partial charge >= 0.3 is 0 Å². The SMILES string of the molecule is CCCS(=O)N1CCN(C)CC1. The zero-order valence-electron chi connectivity index (χ0n) is 7.95. The Morgan fingerprint density at radius 1 is 1.25 bits per heavy atom. The Bertz CT molecular complexity index is 155. The minimum Gasteiger partial charge on any atom is -0.304 e. The molecule has 0 radical (unpaired) electrons. The van der Waals surface area contributed by atoms with E-state index in [4.69, 9.17) is 0 Å². The first-order valence-electron chi connectivity index (χ1n) is 4.56. The van der Waals surface area contributed by atoms with Crippen molar-refractivity contribution >= 4 is 11.0 Å². The molecule has 1 aliphatic rings. The van der Waals surface area contributed by atoms with Gasteiger partial charge in [-0.2, -0.15) is 0 Å². The van der Waals surface area contributed by atoms with Crippen LogP contribution in [0.4, 0.5) is 0 Å². The Morgan fingerprint density at radius 3 is 2.33 bits per heavy atom. The molecule has 0 N–H and O–H groups in total. The molecule has 72 valence electrons. The van der Waals surface area contributed by atoms with Gasteiger partial charge in [0.2, 0.25) is 0 Å². The van der Waals surface area contributed by atoms with Crippen molar-refractivity contribution in [3.05, 3.63) is 0 Å². The number of hydrogen-bond acceptors (Lipinski definition) is 2. The highest BCUT2D eigenvalue weighted by atomic mass is 32.2. The van der Waals surface area contributed by atoms with Crippen molar-refractivity contribution in [2.45, 2.75) is 13.3 Å². The smallest absolute Gasteiger partial charge is 0.0943 e. The Balaban J connectivity index is 2.29. The molecule has 0 aliphatic carbocycles. The molecule has 4 heteroatoms. The number of hydrogen-bond donors (Lipinski definition) is 0. The highest BCUT2D eigenvalue weighted by molar-refractivity contribution is 7.82. The summed E-state index contributed by atoms with van der Waals surface area (Å²) >= 11 is 0. The summed E-state index contributed by atoms with van der Waals surface area (Å²) in [6, 6.07) is 0. The Morgan fingerprint density at radius 2 is 1.83 bits per heavy atom. The van der Waals surface area contributed by atoms with Crippen LogP contribution < -0.4 is 0 Å². The molecule has 0 amide bonds. The van der Waals surface area contributed by atoms with Crippen molar-refractivity contribution in [3.63, 3.8) is 0 Å². The summed E-state index contributed by atoms with van der Waals surface area (Å²) in [6.07, 6.45) is 1.01. The van der Waals surface area contributed by atoms with Crippen LogP contribution in [-0.4, -0.2) is 52.4 Å². The Kier molecular flexibility index (Phi) is 4.18. The largest absolute Gasteiger partial charge is 0.304 e. The van der Waals surface area contributed by atoms with Crippen LogP contribution in [0.15, 0.2) is 0 Å². The van der Waals surface area contributed by atoms with Gasteiger partial charge in [-0.25, -0.2) is 8.51 Å². The van der Waals surface area contributed by atoms with Gasteiger partial charge in [0.25, 0.3) is 0 Å². The lowest BCUT2D eigenvalue weighted by Crippen LogP contribution is -2.45. The predicted molar refractivity (Wildman–Crippen MR) is 52.4 cm³/mol. The van der Waals surface area contributed by atoms with E-state index in [1.807, 2.05) is 0 Å². The molecule has 3 nitrogen and oxygen atoms in total. The highest BCUT2D eigenvalue weighted by Crippen LogP contribution is 2.03. The van der Waals surface area contributed by atoms with Crippen LogP contribution in [0.1, 0.15) is 13.3 Å². The van der Waals surface area contributed by atoms with Crippen LogP contribution >= 0.6 is 0 Å². The number of nitrogens with zero attached hydrogens (tertiary/aromatic N) is 2. The summed E-state index contributed by atoms with van der Waals surface area (Å²) in [7, 11) is 1.40. The predicted octanol–water partition coefficient (Wildman–Crippen LogP) is 0.308. The quantitative estimate of drug-likeness (QED) is 0.639. The maximum Gasteiger partial charge on any atom is 0.0943 e. The summed E-state index contributed by atoms with van der Waals surface area (Å²) in [5, 5.41) is 0. The van der Waals surface area contributed by atoms with Gasteiger partial charge in [-0.1, -0.05) is 6.92 Å². The average molecular weight is 190 g/mol. The fourth-order valence-electron chi connectivity index (χ4n) is 1.30. The molecule has 12 heavy (non-hydrogen) atoms. The van der Waals surface area contributed by atoms with Crippen molar-refractivity contribution in [2.24, 2.45) is 0 Å². The summed E-state index contributed by atoms with van der Waals surface area (Å²) in [5.41, 5.74) is 0.